The maximum atomic E-state index is 4.65. The maximum absolute atomic E-state index is 4.65. The summed E-state index contributed by atoms with van der Waals surface area (Å²) in [6, 6.07) is 0. The zero-order chi connectivity index (χ0) is 21.4. The van der Waals surface area contributed by atoms with Gasteiger partial charge in [-0.2, -0.15) is 5.10 Å². The summed E-state index contributed by atoms with van der Waals surface area (Å²) in [6.45, 7) is 22.2. The van der Waals surface area contributed by atoms with Gasteiger partial charge in [-0.3, -0.25) is 0 Å². The van der Waals surface area contributed by atoms with Crippen LogP contribution in [-0.2, 0) is 0 Å². The molecule has 0 N–H and O–H groups in total. The molecule has 0 aliphatic carbocycles. The third kappa shape index (κ3) is 2.60. The van der Waals surface area contributed by atoms with Crippen LogP contribution < -0.4 is 0 Å². The fourth-order valence-electron chi connectivity index (χ4n) is 4.68. The third-order valence-corrected chi connectivity index (χ3v) is 8.77. The van der Waals surface area contributed by atoms with E-state index in [0.29, 0.717) is 0 Å². The van der Waals surface area contributed by atoms with Gasteiger partial charge in [0.15, 0.2) is 0 Å². The molecular formula is C26H30N2S. The largest absolute Gasteiger partial charge is 0.155 e. The summed E-state index contributed by atoms with van der Waals surface area (Å²) < 4.78 is 2.83. The Labute approximate surface area is 178 Å². The number of hydrogen-bond donors (Lipinski definition) is 0. The Morgan fingerprint density at radius 1 is 0.448 bits per heavy atom. The number of aromatic nitrogens is 2. The average Bonchev–Trinajstić information content (AvgIpc) is 3.10. The summed E-state index contributed by atoms with van der Waals surface area (Å²) >= 11 is 1.95. The van der Waals surface area contributed by atoms with Crippen molar-refractivity contribution in [3.05, 3.63) is 55.8 Å². The highest BCUT2D eigenvalue weighted by Gasteiger charge is 2.23. The molecule has 0 amide bonds. The Hall–Kier alpha value is -2.26. The quantitative estimate of drug-likeness (QED) is 0.328. The van der Waals surface area contributed by atoms with Gasteiger partial charge >= 0.3 is 0 Å². The third-order valence-electron chi connectivity index (χ3n) is 7.34. The molecule has 4 rings (SSSR count). The van der Waals surface area contributed by atoms with Crippen molar-refractivity contribution in [3.8, 4) is 11.3 Å². The summed E-state index contributed by atoms with van der Waals surface area (Å²) in [4.78, 5) is 0. The predicted molar refractivity (Wildman–Crippen MR) is 128 cm³/mol. The van der Waals surface area contributed by atoms with E-state index < -0.39 is 0 Å². The number of hydrogen-bond acceptors (Lipinski definition) is 3. The molecule has 0 spiro atoms. The molecule has 0 aliphatic heterocycles. The average molecular weight is 403 g/mol. The van der Waals surface area contributed by atoms with Crippen LogP contribution >= 0.6 is 11.3 Å². The lowest BCUT2D eigenvalue weighted by Crippen LogP contribution is -2.03. The molecule has 0 aliphatic rings. The number of aryl methyl sites for hydroxylation is 5. The topological polar surface area (TPSA) is 25.8 Å². The van der Waals surface area contributed by atoms with Gasteiger partial charge in [0.2, 0.25) is 0 Å². The summed E-state index contributed by atoms with van der Waals surface area (Å²) in [7, 11) is 0. The summed E-state index contributed by atoms with van der Waals surface area (Å²) in [5, 5.41) is 12.0. The lowest BCUT2D eigenvalue weighted by molar-refractivity contribution is 0.949. The van der Waals surface area contributed by atoms with Gasteiger partial charge in [0, 0.05) is 25.7 Å². The van der Waals surface area contributed by atoms with Crippen molar-refractivity contribution in [1.29, 1.82) is 0 Å². The highest BCUT2D eigenvalue weighted by Crippen LogP contribution is 2.47. The minimum absolute atomic E-state index is 1.01. The van der Waals surface area contributed by atoms with Crippen molar-refractivity contribution < 1.29 is 0 Å². The van der Waals surface area contributed by atoms with Crippen LogP contribution in [0.25, 0.3) is 31.4 Å². The molecule has 29 heavy (non-hydrogen) atoms. The lowest BCUT2D eigenvalue weighted by atomic mass is 9.87. The molecule has 0 bridgehead atoms. The fourth-order valence-corrected chi connectivity index (χ4v) is 6.16. The maximum Gasteiger partial charge on any atom is 0.0967 e. The lowest BCUT2D eigenvalue weighted by Gasteiger charge is -2.17. The molecule has 150 valence electrons. The molecule has 4 aromatic rings. The SMILES string of the molecule is Cc1nnc(-c2c(C)c(C)c3c(sc4c(C)c(C)c(C)c(C)c43)c2C)c(C)c1C. The van der Waals surface area contributed by atoms with Crippen molar-refractivity contribution in [1.82, 2.24) is 10.2 Å². The zero-order valence-electron chi connectivity index (χ0n) is 19.3. The second-order valence-electron chi connectivity index (χ2n) is 8.64. The normalized spacial score (nSPS) is 11.8. The molecule has 2 heterocycles. The van der Waals surface area contributed by atoms with Crippen molar-refractivity contribution in [2.75, 3.05) is 0 Å². The van der Waals surface area contributed by atoms with Gasteiger partial charge in [0.1, 0.15) is 0 Å². The number of rotatable bonds is 1. The smallest absolute Gasteiger partial charge is 0.0967 e. The van der Waals surface area contributed by atoms with E-state index in [4.69, 9.17) is 0 Å². The Bertz CT molecular complexity index is 1340. The van der Waals surface area contributed by atoms with Gasteiger partial charge in [-0.25, -0.2) is 0 Å². The minimum atomic E-state index is 1.01. The molecule has 0 fully saturated rings. The highest BCUT2D eigenvalue weighted by atomic mass is 32.1. The van der Waals surface area contributed by atoms with Gasteiger partial charge in [0.25, 0.3) is 0 Å². The van der Waals surface area contributed by atoms with Crippen LogP contribution in [0.1, 0.15) is 55.8 Å². The Kier molecular flexibility index (Phi) is 4.58. The fraction of sp³-hybridized carbons (Fsp3) is 0.385. The molecule has 2 aromatic heterocycles. The van der Waals surface area contributed by atoms with E-state index in [-0.39, 0.29) is 0 Å². The van der Waals surface area contributed by atoms with Crippen molar-refractivity contribution >= 4 is 31.5 Å². The number of thiophene rings is 1. The Balaban J connectivity index is 2.23. The molecule has 0 saturated carbocycles. The predicted octanol–water partition coefficient (Wildman–Crippen LogP) is 7.60. The van der Waals surface area contributed by atoms with E-state index in [0.717, 1.165) is 11.4 Å². The van der Waals surface area contributed by atoms with Crippen LogP contribution in [0.3, 0.4) is 0 Å². The molecule has 2 nitrogen and oxygen atoms in total. The van der Waals surface area contributed by atoms with E-state index in [1.54, 1.807) is 0 Å². The molecule has 3 heteroatoms. The summed E-state index contributed by atoms with van der Waals surface area (Å²) in [6.07, 6.45) is 0. The molecule has 0 unspecified atom stereocenters. The zero-order valence-corrected chi connectivity index (χ0v) is 20.1. The minimum Gasteiger partial charge on any atom is -0.155 e. The molecule has 0 radical (unpaired) electrons. The van der Waals surface area contributed by atoms with Gasteiger partial charge in [-0.1, -0.05) is 0 Å². The van der Waals surface area contributed by atoms with Crippen LogP contribution in [-0.4, -0.2) is 10.2 Å². The number of benzene rings is 2. The highest BCUT2D eigenvalue weighted by molar-refractivity contribution is 7.26. The molecule has 0 saturated heterocycles. The first kappa shape index (κ1) is 20.0. The van der Waals surface area contributed by atoms with Crippen LogP contribution in [0.2, 0.25) is 0 Å². The van der Waals surface area contributed by atoms with Gasteiger partial charge in [-0.05, 0) is 119 Å². The van der Waals surface area contributed by atoms with Crippen LogP contribution in [0.5, 0.6) is 0 Å². The molecule has 2 aromatic carbocycles. The second-order valence-corrected chi connectivity index (χ2v) is 9.66. The second kappa shape index (κ2) is 6.63. The first-order valence-electron chi connectivity index (χ1n) is 10.3. The number of nitrogens with zero attached hydrogens (tertiary/aromatic N) is 2. The van der Waals surface area contributed by atoms with Gasteiger partial charge in [-0.15, -0.1) is 16.4 Å². The standard InChI is InChI=1S/C26H30N2S/c1-11-12(2)18(8)25-22(14(11)4)23-16(6)15(5)21(19(9)26(23)29-25)24-17(7)13(3)20(10)27-28-24/h1-10H3. The Morgan fingerprint density at radius 2 is 0.966 bits per heavy atom. The first-order chi connectivity index (χ1) is 13.6. The van der Waals surface area contributed by atoms with Gasteiger partial charge in [0.05, 0.1) is 11.4 Å². The van der Waals surface area contributed by atoms with Crippen LogP contribution in [0.4, 0.5) is 0 Å². The van der Waals surface area contributed by atoms with E-state index in [1.165, 1.54) is 75.8 Å². The van der Waals surface area contributed by atoms with E-state index in [1.807, 2.05) is 18.3 Å². The van der Waals surface area contributed by atoms with Crippen LogP contribution in [0.15, 0.2) is 0 Å². The van der Waals surface area contributed by atoms with Crippen molar-refractivity contribution in [2.45, 2.75) is 69.2 Å². The van der Waals surface area contributed by atoms with Gasteiger partial charge < -0.3 is 0 Å². The molecular weight excluding hydrogens is 372 g/mol. The summed E-state index contributed by atoms with van der Waals surface area (Å²) in [5.74, 6) is 0. The monoisotopic (exact) mass is 402 g/mol. The number of fused-ring (bicyclic) bond motifs is 3. The molecule has 0 atom stereocenters. The van der Waals surface area contributed by atoms with E-state index in [9.17, 15) is 0 Å². The van der Waals surface area contributed by atoms with Crippen LogP contribution in [0, 0.1) is 69.2 Å². The Morgan fingerprint density at radius 3 is 1.59 bits per heavy atom. The van der Waals surface area contributed by atoms with E-state index in [2.05, 4.69) is 72.5 Å². The van der Waals surface area contributed by atoms with Crippen molar-refractivity contribution in [2.24, 2.45) is 0 Å². The first-order valence-corrected chi connectivity index (χ1v) is 11.1. The van der Waals surface area contributed by atoms with E-state index >= 15 is 0 Å². The summed E-state index contributed by atoms with van der Waals surface area (Å²) in [5.41, 5.74) is 15.5. The van der Waals surface area contributed by atoms with Crippen molar-refractivity contribution in [3.63, 3.8) is 0 Å².